The van der Waals surface area contributed by atoms with Crippen LogP contribution in [0.1, 0.15) is 18.4 Å². The molecule has 2 N–H and O–H groups in total. The molecule has 0 bridgehead atoms. The van der Waals surface area contributed by atoms with E-state index in [2.05, 4.69) is 21.6 Å². The zero-order valence-corrected chi connectivity index (χ0v) is 17.7. The van der Waals surface area contributed by atoms with Crippen molar-refractivity contribution in [2.45, 2.75) is 19.4 Å². The number of benzene rings is 2. The van der Waals surface area contributed by atoms with Crippen molar-refractivity contribution in [3.63, 3.8) is 0 Å². The van der Waals surface area contributed by atoms with Crippen LogP contribution in [0.3, 0.4) is 0 Å². The lowest BCUT2D eigenvalue weighted by Crippen LogP contribution is -2.39. The summed E-state index contributed by atoms with van der Waals surface area (Å²) in [5, 5.41) is 6.60. The fraction of sp³-hybridized carbons (Fsp3) is 0.409. The lowest BCUT2D eigenvalue weighted by atomic mass is 9.96. The fourth-order valence-corrected chi connectivity index (χ4v) is 3.75. The normalized spacial score (nSPS) is 15.0. The number of ether oxygens (including phenoxy) is 2. The molecule has 0 spiro atoms. The third-order valence-corrected chi connectivity index (χ3v) is 5.40. The van der Waals surface area contributed by atoms with Crippen LogP contribution in [-0.4, -0.2) is 44.8 Å². The van der Waals surface area contributed by atoms with Crippen molar-refractivity contribution in [2.24, 2.45) is 5.92 Å². The molecular formula is C22H28ClN3O3. The first-order valence-corrected chi connectivity index (χ1v) is 10.2. The fourth-order valence-electron chi connectivity index (χ4n) is 3.53. The summed E-state index contributed by atoms with van der Waals surface area (Å²) in [6.07, 6.45) is 2.13. The molecule has 2 amide bonds. The van der Waals surface area contributed by atoms with Crippen LogP contribution in [0.25, 0.3) is 0 Å². The third-order valence-electron chi connectivity index (χ3n) is 5.16. The van der Waals surface area contributed by atoms with E-state index in [1.54, 1.807) is 32.4 Å². The highest BCUT2D eigenvalue weighted by molar-refractivity contribution is 6.30. The summed E-state index contributed by atoms with van der Waals surface area (Å²) >= 11 is 6.07. The van der Waals surface area contributed by atoms with Crippen LogP contribution in [-0.2, 0) is 6.54 Å². The highest BCUT2D eigenvalue weighted by atomic mass is 35.5. The van der Waals surface area contributed by atoms with E-state index in [1.165, 1.54) is 5.56 Å². The second kappa shape index (κ2) is 10.4. The van der Waals surface area contributed by atoms with Crippen molar-refractivity contribution in [3.05, 3.63) is 53.1 Å². The van der Waals surface area contributed by atoms with Crippen LogP contribution in [0.5, 0.6) is 11.5 Å². The van der Waals surface area contributed by atoms with Crippen molar-refractivity contribution in [3.8, 4) is 11.5 Å². The van der Waals surface area contributed by atoms with Crippen LogP contribution in [0.4, 0.5) is 10.5 Å². The molecule has 3 rings (SSSR count). The maximum absolute atomic E-state index is 12.3. The molecule has 0 aliphatic carbocycles. The molecule has 7 heteroatoms. The maximum atomic E-state index is 12.3. The first kappa shape index (κ1) is 21.3. The van der Waals surface area contributed by atoms with Gasteiger partial charge in [0.25, 0.3) is 0 Å². The molecule has 1 aliphatic rings. The Morgan fingerprint density at radius 3 is 2.41 bits per heavy atom. The molecule has 1 fully saturated rings. The van der Waals surface area contributed by atoms with Crippen molar-refractivity contribution < 1.29 is 14.3 Å². The van der Waals surface area contributed by atoms with Crippen LogP contribution in [0, 0.1) is 5.92 Å². The van der Waals surface area contributed by atoms with Crippen LogP contribution in [0.2, 0.25) is 5.02 Å². The highest BCUT2D eigenvalue weighted by Crippen LogP contribution is 2.26. The topological polar surface area (TPSA) is 62.8 Å². The van der Waals surface area contributed by atoms with Gasteiger partial charge in [0.15, 0.2) is 0 Å². The van der Waals surface area contributed by atoms with E-state index < -0.39 is 0 Å². The summed E-state index contributed by atoms with van der Waals surface area (Å²) in [5.41, 5.74) is 1.87. The minimum Gasteiger partial charge on any atom is -0.497 e. The second-order valence-corrected chi connectivity index (χ2v) is 7.72. The van der Waals surface area contributed by atoms with Gasteiger partial charge in [-0.05, 0) is 49.5 Å². The Hall–Kier alpha value is -2.44. The molecule has 1 aliphatic heterocycles. The number of hydrogen-bond acceptors (Lipinski definition) is 4. The Morgan fingerprint density at radius 1 is 1.10 bits per heavy atom. The quantitative estimate of drug-likeness (QED) is 0.701. The summed E-state index contributed by atoms with van der Waals surface area (Å²) in [5.74, 6) is 1.75. The zero-order chi connectivity index (χ0) is 20.6. The molecule has 0 atom stereocenters. The number of likely N-dealkylation sites (tertiary alicyclic amines) is 1. The summed E-state index contributed by atoms with van der Waals surface area (Å²) in [6.45, 7) is 3.62. The molecule has 0 unspecified atom stereocenters. The summed E-state index contributed by atoms with van der Waals surface area (Å²) in [4.78, 5) is 14.7. The number of halogens is 1. The Morgan fingerprint density at radius 2 is 1.79 bits per heavy atom. The number of hydrogen-bond donors (Lipinski definition) is 2. The van der Waals surface area contributed by atoms with Gasteiger partial charge in [0.05, 0.1) is 14.2 Å². The summed E-state index contributed by atoms with van der Waals surface area (Å²) < 4.78 is 10.5. The number of nitrogens with one attached hydrogen (secondary N) is 2. The number of anilines is 1. The zero-order valence-electron chi connectivity index (χ0n) is 16.9. The van der Waals surface area contributed by atoms with Gasteiger partial charge in [-0.1, -0.05) is 23.7 Å². The molecule has 0 aromatic heterocycles. The van der Waals surface area contributed by atoms with Gasteiger partial charge in [0.1, 0.15) is 11.5 Å². The van der Waals surface area contributed by atoms with Gasteiger partial charge < -0.3 is 20.1 Å². The monoisotopic (exact) mass is 417 g/mol. The first-order chi connectivity index (χ1) is 14.1. The van der Waals surface area contributed by atoms with Gasteiger partial charge >= 0.3 is 6.03 Å². The minimum absolute atomic E-state index is 0.221. The van der Waals surface area contributed by atoms with Gasteiger partial charge in [0.2, 0.25) is 0 Å². The lowest BCUT2D eigenvalue weighted by Gasteiger charge is -2.32. The van der Waals surface area contributed by atoms with Gasteiger partial charge in [-0.2, -0.15) is 0 Å². The largest absolute Gasteiger partial charge is 0.497 e. The van der Waals surface area contributed by atoms with Crippen molar-refractivity contribution in [2.75, 3.05) is 39.2 Å². The third kappa shape index (κ3) is 6.54. The van der Waals surface area contributed by atoms with E-state index >= 15 is 0 Å². The average molecular weight is 418 g/mol. The van der Waals surface area contributed by atoms with Gasteiger partial charge in [0, 0.05) is 42.0 Å². The van der Waals surface area contributed by atoms with E-state index in [0.29, 0.717) is 29.6 Å². The number of methoxy groups -OCH3 is 2. The molecule has 1 saturated heterocycles. The van der Waals surface area contributed by atoms with Gasteiger partial charge in [-0.3, -0.25) is 4.90 Å². The summed E-state index contributed by atoms with van der Waals surface area (Å²) in [7, 11) is 3.16. The minimum atomic E-state index is -0.221. The molecule has 0 radical (unpaired) electrons. The number of carbonyl (C=O) groups is 1. The van der Waals surface area contributed by atoms with Gasteiger partial charge in [-0.25, -0.2) is 4.79 Å². The number of piperidine rings is 1. The predicted molar refractivity (Wildman–Crippen MR) is 116 cm³/mol. The van der Waals surface area contributed by atoms with E-state index in [9.17, 15) is 4.79 Å². The van der Waals surface area contributed by atoms with Crippen LogP contribution < -0.4 is 20.1 Å². The number of rotatable bonds is 7. The van der Waals surface area contributed by atoms with Gasteiger partial charge in [-0.15, -0.1) is 0 Å². The predicted octanol–water partition coefficient (Wildman–Crippen LogP) is 4.39. The van der Waals surface area contributed by atoms with E-state index in [1.807, 2.05) is 18.2 Å². The smallest absolute Gasteiger partial charge is 0.319 e. The molecule has 6 nitrogen and oxygen atoms in total. The van der Waals surface area contributed by atoms with Crippen LogP contribution >= 0.6 is 11.6 Å². The SMILES string of the molecule is COc1cc(NC(=O)NCC2CCN(Cc3cccc(Cl)c3)CC2)cc(OC)c1. The number of amides is 2. The van der Waals surface area contributed by atoms with E-state index in [-0.39, 0.29) is 6.03 Å². The average Bonchev–Trinajstić information content (AvgIpc) is 2.73. The standard InChI is InChI=1S/C22H28ClN3O3/c1-28-20-11-19(12-21(13-20)29-2)25-22(27)24-14-16-6-8-26(9-7-16)15-17-4-3-5-18(23)10-17/h3-5,10-13,16H,6-9,14-15H2,1-2H3,(H2,24,25,27). The Labute approximate surface area is 177 Å². The molecule has 2 aromatic rings. The van der Waals surface area contributed by atoms with Crippen molar-refractivity contribution in [1.82, 2.24) is 10.2 Å². The molecular weight excluding hydrogens is 390 g/mol. The second-order valence-electron chi connectivity index (χ2n) is 7.29. The summed E-state index contributed by atoms with van der Waals surface area (Å²) in [6, 6.07) is 13.1. The maximum Gasteiger partial charge on any atom is 0.319 e. The Bertz CT molecular complexity index is 800. The Balaban J connectivity index is 1.41. The molecule has 1 heterocycles. The molecule has 29 heavy (non-hydrogen) atoms. The number of nitrogens with zero attached hydrogens (tertiary/aromatic N) is 1. The molecule has 0 saturated carbocycles. The van der Waals surface area contributed by atoms with Crippen molar-refractivity contribution in [1.29, 1.82) is 0 Å². The van der Waals surface area contributed by atoms with E-state index in [4.69, 9.17) is 21.1 Å². The Kier molecular flexibility index (Phi) is 7.61. The number of carbonyl (C=O) groups excluding carboxylic acids is 1. The van der Waals surface area contributed by atoms with Crippen molar-refractivity contribution >= 4 is 23.3 Å². The molecule has 156 valence electrons. The number of urea groups is 1. The van der Waals surface area contributed by atoms with E-state index in [0.717, 1.165) is 37.5 Å². The first-order valence-electron chi connectivity index (χ1n) is 9.80. The highest BCUT2D eigenvalue weighted by Gasteiger charge is 2.20. The molecule has 2 aromatic carbocycles. The van der Waals surface area contributed by atoms with Crippen LogP contribution in [0.15, 0.2) is 42.5 Å². The lowest BCUT2D eigenvalue weighted by molar-refractivity contribution is 0.176.